The van der Waals surface area contributed by atoms with E-state index in [1.165, 1.54) is 17.3 Å². The number of likely N-dealkylation sites (tertiary alicyclic amines) is 1. The average Bonchev–Trinajstić information content (AvgIpc) is 2.73. The Bertz CT molecular complexity index is 891. The minimum Gasteiger partial charge on any atom is -0.353 e. The van der Waals surface area contributed by atoms with Gasteiger partial charge in [-0.3, -0.25) is 19.1 Å². The summed E-state index contributed by atoms with van der Waals surface area (Å²) in [6.45, 7) is 5.14. The first-order valence-corrected chi connectivity index (χ1v) is 10.8. The fourth-order valence-corrected chi connectivity index (χ4v) is 4.90. The van der Waals surface area contributed by atoms with Crippen LogP contribution in [0.25, 0.3) is 0 Å². The minimum absolute atomic E-state index is 0.0378. The number of piperidine rings is 1. The van der Waals surface area contributed by atoms with Crippen molar-refractivity contribution in [1.82, 2.24) is 19.8 Å². The molecule has 7 heteroatoms. The van der Waals surface area contributed by atoms with Crippen molar-refractivity contribution in [2.24, 2.45) is 5.92 Å². The predicted octanol–water partition coefficient (Wildman–Crippen LogP) is 2.05. The summed E-state index contributed by atoms with van der Waals surface area (Å²) in [5.74, 6) is 0.558. The van der Waals surface area contributed by atoms with Gasteiger partial charge in [-0.05, 0) is 25.3 Å². The lowest BCUT2D eigenvalue weighted by Crippen LogP contribution is -2.48. The molecule has 4 rings (SSSR count). The highest BCUT2D eigenvalue weighted by Gasteiger charge is 2.29. The Morgan fingerprint density at radius 3 is 2.75 bits per heavy atom. The Hall–Kier alpha value is -2.12. The summed E-state index contributed by atoms with van der Waals surface area (Å²) in [4.78, 5) is 31.9. The van der Waals surface area contributed by atoms with E-state index in [4.69, 9.17) is 0 Å². The monoisotopic (exact) mass is 398 g/mol. The zero-order valence-electron chi connectivity index (χ0n) is 16.1. The molecule has 3 heterocycles. The highest BCUT2D eigenvalue weighted by Crippen LogP contribution is 2.25. The van der Waals surface area contributed by atoms with Gasteiger partial charge in [-0.15, -0.1) is 0 Å². The number of aryl methyl sites for hydroxylation is 1. The van der Waals surface area contributed by atoms with Gasteiger partial charge in [0.15, 0.2) is 5.16 Å². The van der Waals surface area contributed by atoms with Crippen LogP contribution in [-0.4, -0.2) is 45.2 Å². The molecule has 6 nitrogen and oxygen atoms in total. The molecular formula is C21H26N4O2S. The van der Waals surface area contributed by atoms with Gasteiger partial charge in [0.05, 0.1) is 5.92 Å². The van der Waals surface area contributed by atoms with Gasteiger partial charge >= 0.3 is 0 Å². The molecule has 1 fully saturated rings. The van der Waals surface area contributed by atoms with E-state index in [0.717, 1.165) is 32.5 Å². The molecule has 0 saturated carbocycles. The van der Waals surface area contributed by atoms with E-state index in [9.17, 15) is 9.59 Å². The normalized spacial score (nSPS) is 20.5. The van der Waals surface area contributed by atoms with E-state index in [1.807, 2.05) is 6.07 Å². The molecule has 28 heavy (non-hydrogen) atoms. The summed E-state index contributed by atoms with van der Waals surface area (Å²) in [6, 6.07) is 10.7. The van der Waals surface area contributed by atoms with E-state index in [-0.39, 0.29) is 23.4 Å². The second kappa shape index (κ2) is 8.49. The number of fused-ring (bicyclic) bond motifs is 1. The number of carbonyl (C=O) groups is 1. The lowest BCUT2D eigenvalue weighted by atomic mass is 10.0. The highest BCUT2D eigenvalue weighted by atomic mass is 32.2. The molecule has 1 atom stereocenters. The molecule has 0 radical (unpaired) electrons. The molecule has 1 aromatic heterocycles. The first kappa shape index (κ1) is 19.2. The Morgan fingerprint density at radius 1 is 1.25 bits per heavy atom. The van der Waals surface area contributed by atoms with Gasteiger partial charge < -0.3 is 5.32 Å². The van der Waals surface area contributed by atoms with Gasteiger partial charge in [0.25, 0.3) is 5.56 Å². The summed E-state index contributed by atoms with van der Waals surface area (Å²) >= 11 is 1.49. The van der Waals surface area contributed by atoms with Gasteiger partial charge in [0.2, 0.25) is 5.91 Å². The fraction of sp³-hybridized carbons (Fsp3) is 0.476. The number of thioether (sulfide) groups is 1. The molecule has 0 spiro atoms. The Morgan fingerprint density at radius 2 is 2.00 bits per heavy atom. The fourth-order valence-electron chi connectivity index (χ4n) is 3.86. The zero-order valence-corrected chi connectivity index (χ0v) is 17.0. The molecule has 1 amide bonds. The molecule has 2 aliphatic rings. The molecule has 0 aliphatic carbocycles. The second-order valence-electron chi connectivity index (χ2n) is 7.69. The van der Waals surface area contributed by atoms with Crippen molar-refractivity contribution in [3.05, 3.63) is 58.0 Å². The van der Waals surface area contributed by atoms with Gasteiger partial charge in [0, 0.05) is 49.7 Å². The van der Waals surface area contributed by atoms with E-state index in [2.05, 4.69) is 39.5 Å². The van der Waals surface area contributed by atoms with Crippen LogP contribution in [-0.2, 0) is 17.9 Å². The van der Waals surface area contributed by atoms with Crippen molar-refractivity contribution in [2.75, 3.05) is 18.8 Å². The van der Waals surface area contributed by atoms with E-state index >= 15 is 0 Å². The summed E-state index contributed by atoms with van der Waals surface area (Å²) in [5, 5.41) is 3.94. The molecule has 1 N–H and O–H groups in total. The minimum atomic E-state index is -0.179. The van der Waals surface area contributed by atoms with Crippen LogP contribution >= 0.6 is 11.8 Å². The molecule has 0 bridgehead atoms. The van der Waals surface area contributed by atoms with Crippen LogP contribution in [0.5, 0.6) is 0 Å². The topological polar surface area (TPSA) is 67.2 Å². The number of nitrogens with zero attached hydrogens (tertiary/aromatic N) is 3. The van der Waals surface area contributed by atoms with Crippen molar-refractivity contribution in [3.63, 3.8) is 0 Å². The summed E-state index contributed by atoms with van der Waals surface area (Å²) in [5.41, 5.74) is 1.91. The third-order valence-corrected chi connectivity index (χ3v) is 6.71. The van der Waals surface area contributed by atoms with Crippen LogP contribution in [0.15, 0.2) is 46.5 Å². The molecular weight excluding hydrogens is 372 g/mol. The molecule has 1 unspecified atom stereocenters. The number of amides is 1. The smallest absolute Gasteiger partial charge is 0.257 e. The number of hydrogen-bond acceptors (Lipinski definition) is 5. The largest absolute Gasteiger partial charge is 0.353 e. The first-order valence-electron chi connectivity index (χ1n) is 9.86. The predicted molar refractivity (Wildman–Crippen MR) is 110 cm³/mol. The van der Waals surface area contributed by atoms with Crippen molar-refractivity contribution in [3.8, 4) is 0 Å². The van der Waals surface area contributed by atoms with Gasteiger partial charge in [0.1, 0.15) is 0 Å². The number of nitrogens with one attached hydrogen (secondary N) is 1. The zero-order chi connectivity index (χ0) is 19.5. The molecule has 2 aromatic rings. The van der Waals surface area contributed by atoms with Crippen molar-refractivity contribution in [2.45, 2.75) is 44.1 Å². The highest BCUT2D eigenvalue weighted by molar-refractivity contribution is 7.99. The van der Waals surface area contributed by atoms with Crippen molar-refractivity contribution >= 4 is 17.7 Å². The number of benzene rings is 1. The molecule has 1 aromatic carbocycles. The van der Waals surface area contributed by atoms with Gasteiger partial charge in [-0.25, -0.2) is 4.98 Å². The number of aromatic nitrogens is 2. The Labute approximate surface area is 169 Å². The average molecular weight is 399 g/mol. The van der Waals surface area contributed by atoms with Crippen LogP contribution < -0.4 is 10.9 Å². The lowest BCUT2D eigenvalue weighted by Gasteiger charge is -2.33. The van der Waals surface area contributed by atoms with E-state index in [1.54, 1.807) is 17.7 Å². The SMILES string of the molecule is Cc1cnc2n(c1=O)CC(C(=O)NC1CCN(Cc3ccccc3)CC1)CS2. The van der Waals surface area contributed by atoms with Gasteiger partial charge in [-0.2, -0.15) is 0 Å². The molecule has 2 aliphatic heterocycles. The van der Waals surface area contributed by atoms with Crippen LogP contribution in [0.1, 0.15) is 24.0 Å². The summed E-state index contributed by atoms with van der Waals surface area (Å²) in [6.07, 6.45) is 3.55. The quantitative estimate of drug-likeness (QED) is 0.799. The van der Waals surface area contributed by atoms with Crippen LogP contribution in [0, 0.1) is 12.8 Å². The maximum absolute atomic E-state index is 12.8. The third-order valence-electron chi connectivity index (χ3n) is 5.55. The number of carbonyl (C=O) groups excluding carboxylic acids is 1. The number of hydrogen-bond donors (Lipinski definition) is 1. The third kappa shape index (κ3) is 4.31. The maximum atomic E-state index is 12.8. The lowest BCUT2D eigenvalue weighted by molar-refractivity contribution is -0.125. The first-order chi connectivity index (χ1) is 13.6. The summed E-state index contributed by atoms with van der Waals surface area (Å²) < 4.78 is 1.65. The van der Waals surface area contributed by atoms with E-state index < -0.39 is 0 Å². The van der Waals surface area contributed by atoms with Crippen LogP contribution in [0.2, 0.25) is 0 Å². The standard InChI is InChI=1S/C21H26N4O2S/c1-15-11-22-21-25(20(15)27)13-17(14-28-21)19(26)23-18-7-9-24(10-8-18)12-16-5-3-2-4-6-16/h2-6,11,17-18H,7-10,12-14H2,1H3,(H,23,26). The van der Waals surface area contributed by atoms with Crippen LogP contribution in [0.4, 0.5) is 0 Å². The molecule has 148 valence electrons. The van der Waals surface area contributed by atoms with Crippen molar-refractivity contribution in [1.29, 1.82) is 0 Å². The maximum Gasteiger partial charge on any atom is 0.257 e. The summed E-state index contributed by atoms with van der Waals surface area (Å²) in [7, 11) is 0. The Kier molecular flexibility index (Phi) is 5.82. The number of rotatable bonds is 4. The van der Waals surface area contributed by atoms with Crippen LogP contribution in [0.3, 0.4) is 0 Å². The second-order valence-corrected chi connectivity index (χ2v) is 8.68. The Balaban J connectivity index is 1.29. The van der Waals surface area contributed by atoms with E-state index in [0.29, 0.717) is 23.0 Å². The van der Waals surface area contributed by atoms with Crippen molar-refractivity contribution < 1.29 is 4.79 Å². The van der Waals surface area contributed by atoms with Gasteiger partial charge in [-0.1, -0.05) is 42.1 Å². The molecule has 1 saturated heterocycles.